The fourth-order valence-corrected chi connectivity index (χ4v) is 5.25. The Bertz CT molecular complexity index is 1250. The molecule has 3 aliphatic rings. The van der Waals surface area contributed by atoms with E-state index in [2.05, 4.69) is 22.4 Å². The Morgan fingerprint density at radius 2 is 1.85 bits per heavy atom. The SMILES string of the molecule is CSc1nc2n(n1)C(c1ccc3c(c1)OCCCO3)C1=C(CC(c3ccccc3)CC1=O)N2. The van der Waals surface area contributed by atoms with E-state index >= 15 is 0 Å². The third-order valence-electron chi connectivity index (χ3n) is 6.44. The van der Waals surface area contributed by atoms with E-state index in [9.17, 15) is 4.79 Å². The zero-order valence-electron chi connectivity index (χ0n) is 18.3. The van der Waals surface area contributed by atoms with Crippen molar-refractivity contribution in [2.45, 2.75) is 36.4 Å². The minimum Gasteiger partial charge on any atom is -0.490 e. The van der Waals surface area contributed by atoms with Crippen molar-refractivity contribution in [3.8, 4) is 11.5 Å². The Labute approximate surface area is 196 Å². The molecular weight excluding hydrogens is 436 g/mol. The summed E-state index contributed by atoms with van der Waals surface area (Å²) in [6, 6.07) is 15.8. The van der Waals surface area contributed by atoms with Crippen molar-refractivity contribution >= 4 is 23.5 Å². The van der Waals surface area contributed by atoms with E-state index in [4.69, 9.17) is 14.6 Å². The number of benzene rings is 2. The first kappa shape index (κ1) is 20.4. The third-order valence-corrected chi connectivity index (χ3v) is 6.98. The number of ketones is 1. The van der Waals surface area contributed by atoms with Crippen molar-refractivity contribution in [2.75, 3.05) is 24.8 Å². The number of rotatable bonds is 3. The molecule has 0 saturated carbocycles. The van der Waals surface area contributed by atoms with Crippen LogP contribution in [-0.4, -0.2) is 40.0 Å². The van der Waals surface area contributed by atoms with E-state index in [1.165, 1.54) is 17.3 Å². The number of allylic oxidation sites excluding steroid dienone is 2. The monoisotopic (exact) mass is 460 g/mol. The summed E-state index contributed by atoms with van der Waals surface area (Å²) in [5, 5.41) is 8.81. The maximum absolute atomic E-state index is 13.6. The molecule has 3 heterocycles. The Hall–Kier alpha value is -3.26. The van der Waals surface area contributed by atoms with Gasteiger partial charge in [0.2, 0.25) is 11.1 Å². The molecule has 0 spiro atoms. The smallest absolute Gasteiger partial charge is 0.227 e. The van der Waals surface area contributed by atoms with E-state index in [0.29, 0.717) is 36.5 Å². The molecule has 33 heavy (non-hydrogen) atoms. The van der Waals surface area contributed by atoms with Crippen LogP contribution >= 0.6 is 11.8 Å². The number of hydrogen-bond donors (Lipinski definition) is 1. The standard InChI is InChI=1S/C25H24N4O3S/c1-33-25-27-24-26-18-12-17(15-6-3-2-4-7-15)13-19(30)22(18)23(29(24)28-25)16-8-9-20-21(14-16)32-11-5-10-31-20/h2-4,6-9,14,17,23H,5,10-13H2,1H3,(H,26,27,28). The molecule has 0 fully saturated rings. The molecule has 0 radical (unpaired) electrons. The second-order valence-corrected chi connectivity index (χ2v) is 9.26. The average Bonchev–Trinajstić information content (AvgIpc) is 3.11. The molecule has 6 rings (SSSR count). The molecule has 0 bridgehead atoms. The minimum absolute atomic E-state index is 0.140. The van der Waals surface area contributed by atoms with Crippen LogP contribution in [0.5, 0.6) is 11.5 Å². The van der Waals surface area contributed by atoms with E-state index in [1.807, 2.05) is 47.3 Å². The molecule has 3 aromatic rings. The largest absolute Gasteiger partial charge is 0.490 e. The predicted octanol–water partition coefficient (Wildman–Crippen LogP) is 4.58. The maximum atomic E-state index is 13.6. The topological polar surface area (TPSA) is 78.3 Å². The summed E-state index contributed by atoms with van der Waals surface area (Å²) < 4.78 is 13.6. The van der Waals surface area contributed by atoms with Gasteiger partial charge in [0.25, 0.3) is 0 Å². The maximum Gasteiger partial charge on any atom is 0.227 e. The van der Waals surface area contributed by atoms with Crippen LogP contribution in [0.4, 0.5) is 5.95 Å². The van der Waals surface area contributed by atoms with Gasteiger partial charge in [0.1, 0.15) is 6.04 Å². The van der Waals surface area contributed by atoms with Crippen molar-refractivity contribution in [3.63, 3.8) is 0 Å². The minimum atomic E-state index is -0.356. The van der Waals surface area contributed by atoms with Crippen molar-refractivity contribution in [2.24, 2.45) is 0 Å². The van der Waals surface area contributed by atoms with Crippen LogP contribution < -0.4 is 14.8 Å². The summed E-state index contributed by atoms with van der Waals surface area (Å²) in [4.78, 5) is 18.3. The van der Waals surface area contributed by atoms with Crippen LogP contribution in [0.1, 0.15) is 42.3 Å². The number of fused-ring (bicyclic) bond motifs is 2. The summed E-state index contributed by atoms with van der Waals surface area (Å²) in [6.45, 7) is 1.25. The molecule has 7 nitrogen and oxygen atoms in total. The van der Waals surface area contributed by atoms with E-state index in [1.54, 1.807) is 0 Å². The quantitative estimate of drug-likeness (QED) is 0.573. The zero-order chi connectivity index (χ0) is 22.4. The average molecular weight is 461 g/mol. The van der Waals surface area contributed by atoms with Crippen LogP contribution in [-0.2, 0) is 4.79 Å². The highest BCUT2D eigenvalue weighted by atomic mass is 32.2. The van der Waals surface area contributed by atoms with Gasteiger partial charge in [0, 0.05) is 24.1 Å². The van der Waals surface area contributed by atoms with Gasteiger partial charge in [-0.2, -0.15) is 4.98 Å². The Morgan fingerprint density at radius 3 is 2.67 bits per heavy atom. The van der Waals surface area contributed by atoms with Crippen molar-refractivity contribution < 1.29 is 14.3 Å². The summed E-state index contributed by atoms with van der Waals surface area (Å²) >= 11 is 1.49. The zero-order valence-corrected chi connectivity index (χ0v) is 19.1. The van der Waals surface area contributed by atoms with E-state index < -0.39 is 0 Å². The van der Waals surface area contributed by atoms with Gasteiger partial charge in [-0.3, -0.25) is 4.79 Å². The lowest BCUT2D eigenvalue weighted by Crippen LogP contribution is -2.33. The van der Waals surface area contributed by atoms with Gasteiger partial charge in [-0.15, -0.1) is 5.10 Å². The molecule has 0 amide bonds. The lowest BCUT2D eigenvalue weighted by Gasteiger charge is -2.35. The number of ether oxygens (including phenoxy) is 2. The number of carbonyl (C=O) groups excluding carboxylic acids is 1. The van der Waals surface area contributed by atoms with Gasteiger partial charge in [0.05, 0.1) is 13.2 Å². The highest BCUT2D eigenvalue weighted by molar-refractivity contribution is 7.98. The second kappa shape index (κ2) is 8.26. The number of nitrogens with one attached hydrogen (secondary N) is 1. The van der Waals surface area contributed by atoms with Crippen molar-refractivity contribution in [1.82, 2.24) is 14.8 Å². The van der Waals surface area contributed by atoms with Crippen molar-refractivity contribution in [1.29, 1.82) is 0 Å². The van der Waals surface area contributed by atoms with Gasteiger partial charge >= 0.3 is 0 Å². The number of nitrogens with zero attached hydrogens (tertiary/aromatic N) is 3. The molecule has 2 unspecified atom stereocenters. The number of thioether (sulfide) groups is 1. The van der Waals surface area contributed by atoms with Crippen LogP contribution in [0.3, 0.4) is 0 Å². The summed E-state index contributed by atoms with van der Waals surface area (Å²) in [5.41, 5.74) is 3.83. The molecule has 2 aliphatic heterocycles. The molecule has 2 atom stereocenters. The molecular formula is C25H24N4O3S. The first-order valence-electron chi connectivity index (χ1n) is 11.2. The molecule has 168 valence electrons. The summed E-state index contributed by atoms with van der Waals surface area (Å²) in [7, 11) is 0. The molecule has 2 aromatic carbocycles. The fraction of sp³-hybridized carbons (Fsp3) is 0.320. The summed E-state index contributed by atoms with van der Waals surface area (Å²) in [5.74, 6) is 2.40. The van der Waals surface area contributed by atoms with Crippen LogP contribution in [0, 0.1) is 0 Å². The van der Waals surface area contributed by atoms with Crippen LogP contribution in [0.25, 0.3) is 0 Å². The van der Waals surface area contributed by atoms with Gasteiger partial charge in [-0.1, -0.05) is 48.2 Å². The normalized spacial score (nSPS) is 21.7. The lowest BCUT2D eigenvalue weighted by molar-refractivity contribution is -0.116. The second-order valence-electron chi connectivity index (χ2n) is 8.48. The predicted molar refractivity (Wildman–Crippen MR) is 126 cm³/mol. The fourth-order valence-electron chi connectivity index (χ4n) is 4.90. The Morgan fingerprint density at radius 1 is 1.03 bits per heavy atom. The number of aromatic nitrogens is 3. The molecule has 0 saturated heterocycles. The highest BCUT2D eigenvalue weighted by Gasteiger charge is 2.40. The molecule has 1 N–H and O–H groups in total. The summed E-state index contributed by atoms with van der Waals surface area (Å²) in [6.07, 6.45) is 4.03. The van der Waals surface area contributed by atoms with E-state index in [-0.39, 0.29) is 17.7 Å². The van der Waals surface area contributed by atoms with Crippen LogP contribution in [0.15, 0.2) is 65.0 Å². The number of Topliss-reactive ketones (excluding diaryl/α,β-unsaturated/α-hetero) is 1. The van der Waals surface area contributed by atoms with Gasteiger partial charge in [-0.05, 0) is 41.9 Å². The number of carbonyl (C=O) groups is 1. The van der Waals surface area contributed by atoms with Gasteiger partial charge < -0.3 is 14.8 Å². The molecule has 1 aromatic heterocycles. The lowest BCUT2D eigenvalue weighted by atomic mass is 9.78. The van der Waals surface area contributed by atoms with Gasteiger partial charge in [-0.25, -0.2) is 4.68 Å². The Balaban J connectivity index is 1.46. The van der Waals surface area contributed by atoms with Gasteiger partial charge in [0.15, 0.2) is 17.3 Å². The number of hydrogen-bond acceptors (Lipinski definition) is 7. The number of anilines is 1. The van der Waals surface area contributed by atoms with Crippen LogP contribution in [0.2, 0.25) is 0 Å². The van der Waals surface area contributed by atoms with E-state index in [0.717, 1.165) is 35.4 Å². The highest BCUT2D eigenvalue weighted by Crippen LogP contribution is 2.45. The first-order valence-corrected chi connectivity index (χ1v) is 12.4. The molecule has 8 heteroatoms. The Kier molecular flexibility index (Phi) is 5.10. The first-order chi connectivity index (χ1) is 16.2. The molecule has 1 aliphatic carbocycles. The third kappa shape index (κ3) is 3.58. The van der Waals surface area contributed by atoms with Crippen molar-refractivity contribution in [3.05, 3.63) is 70.9 Å².